The minimum atomic E-state index is -1.66. The van der Waals surface area contributed by atoms with Crippen molar-refractivity contribution in [2.24, 2.45) is 28.1 Å². The highest BCUT2D eigenvalue weighted by atomic mass is 32.1. The van der Waals surface area contributed by atoms with Crippen LogP contribution in [0.1, 0.15) is 50.5 Å². The number of amides is 7. The second kappa shape index (κ2) is 26.3. The van der Waals surface area contributed by atoms with E-state index in [1.54, 1.807) is 12.3 Å². The number of para-hydroxylation sites is 1. The zero-order valence-electron chi connectivity index (χ0n) is 32.5. The van der Waals surface area contributed by atoms with E-state index >= 15 is 0 Å². The van der Waals surface area contributed by atoms with E-state index in [1.165, 1.54) is 6.08 Å². The molecule has 0 saturated heterocycles. The van der Waals surface area contributed by atoms with Crippen LogP contribution >= 0.6 is 25.3 Å². The molecule has 0 saturated carbocycles. The van der Waals surface area contributed by atoms with Crippen molar-refractivity contribution < 1.29 is 43.5 Å². The summed E-state index contributed by atoms with van der Waals surface area (Å²) < 4.78 is 0. The molecule has 0 fully saturated rings. The summed E-state index contributed by atoms with van der Waals surface area (Å²) >= 11 is 8.05. The number of primary amides is 1. The van der Waals surface area contributed by atoms with Crippen LogP contribution in [0.2, 0.25) is 0 Å². The highest BCUT2D eigenvalue weighted by Gasteiger charge is 2.30. The first-order valence-corrected chi connectivity index (χ1v) is 20.1. The van der Waals surface area contributed by atoms with Gasteiger partial charge in [-0.3, -0.25) is 43.3 Å². The molecule has 1 aromatic heterocycles. The fourth-order valence-electron chi connectivity index (χ4n) is 5.73. The number of fused-ring (bicyclic) bond motifs is 1. The van der Waals surface area contributed by atoms with E-state index in [9.17, 15) is 43.5 Å². The van der Waals surface area contributed by atoms with Crippen molar-refractivity contribution in [3.05, 3.63) is 48.7 Å². The molecular formula is C37H55N11O9S2. The van der Waals surface area contributed by atoms with Crippen molar-refractivity contribution in [3.8, 4) is 0 Å². The predicted octanol–water partition coefficient (Wildman–Crippen LogP) is -1.88. The van der Waals surface area contributed by atoms with Gasteiger partial charge in [0.1, 0.15) is 24.2 Å². The van der Waals surface area contributed by atoms with Crippen molar-refractivity contribution in [1.29, 1.82) is 0 Å². The number of carbonyl (C=O) groups is 8. The Balaban J connectivity index is 2.15. The lowest BCUT2D eigenvalue weighted by atomic mass is 10.0. The average molecular weight is 862 g/mol. The molecule has 1 aromatic carbocycles. The predicted molar refractivity (Wildman–Crippen MR) is 227 cm³/mol. The SMILES string of the molecule is C=CC(CCCNC(=O)C(Cc1c[nH]c2ccccc12)NC(=O)C(CC(=O)O)NC(=O)CNC(=O)C(CCCCN=C(N)N)NC(=O)CCS)C(=O)NC(CS)C(N)=O. The Labute approximate surface area is 352 Å². The number of H-pyrrole nitrogens is 1. The fourth-order valence-corrected chi connectivity index (χ4v) is 6.20. The molecule has 59 heavy (non-hydrogen) atoms. The molecule has 1 heterocycles. The largest absolute Gasteiger partial charge is 0.481 e. The number of aromatic nitrogens is 1. The number of hydrogen-bond acceptors (Lipinski definition) is 11. The van der Waals surface area contributed by atoms with E-state index in [1.807, 2.05) is 18.2 Å². The molecule has 0 bridgehead atoms. The molecule has 0 radical (unpaired) electrons. The van der Waals surface area contributed by atoms with E-state index < -0.39 is 90.4 Å². The quantitative estimate of drug-likeness (QED) is 0.0148. The Morgan fingerprint density at radius 1 is 0.797 bits per heavy atom. The van der Waals surface area contributed by atoms with Crippen LogP contribution in [0.3, 0.4) is 0 Å². The fraction of sp³-hybridized carbons (Fsp3) is 0.486. The first kappa shape index (κ1) is 49.4. The van der Waals surface area contributed by atoms with Crippen molar-refractivity contribution in [2.45, 2.75) is 75.5 Å². The number of aliphatic carboxylic acids is 1. The van der Waals surface area contributed by atoms with Gasteiger partial charge in [0.05, 0.1) is 18.9 Å². The molecule has 0 spiro atoms. The number of rotatable bonds is 28. The van der Waals surface area contributed by atoms with Crippen LogP contribution < -0.4 is 49.1 Å². The summed E-state index contributed by atoms with van der Waals surface area (Å²) in [5.74, 6) is -6.91. The first-order chi connectivity index (χ1) is 28.1. The number of aromatic amines is 1. The molecule has 0 aliphatic carbocycles. The van der Waals surface area contributed by atoms with Gasteiger partial charge in [0, 0.05) is 48.8 Å². The summed E-state index contributed by atoms with van der Waals surface area (Å²) in [6.45, 7) is 3.36. The van der Waals surface area contributed by atoms with Gasteiger partial charge in [0.2, 0.25) is 41.4 Å². The molecule has 14 N–H and O–H groups in total. The summed E-state index contributed by atoms with van der Waals surface area (Å²) in [6.07, 6.45) is 3.87. The Morgan fingerprint density at radius 2 is 1.47 bits per heavy atom. The zero-order chi connectivity index (χ0) is 43.9. The number of nitrogens with two attached hydrogens (primary N) is 3. The number of carboxylic acid groups (broad SMARTS) is 1. The maximum atomic E-state index is 13.6. The molecule has 0 aliphatic rings. The van der Waals surface area contributed by atoms with Gasteiger partial charge in [-0.05, 0) is 49.5 Å². The van der Waals surface area contributed by atoms with Gasteiger partial charge in [-0.25, -0.2) is 0 Å². The molecule has 5 unspecified atom stereocenters. The number of hydrogen-bond donors (Lipinski definition) is 13. The Hall–Kier alpha value is -5.77. The van der Waals surface area contributed by atoms with Crippen LogP contribution in [0.5, 0.6) is 0 Å². The molecule has 7 amide bonds. The Kier molecular flexibility index (Phi) is 22.0. The van der Waals surface area contributed by atoms with Crippen LogP contribution in [0.15, 0.2) is 48.1 Å². The van der Waals surface area contributed by atoms with Gasteiger partial charge in [-0.2, -0.15) is 25.3 Å². The maximum Gasteiger partial charge on any atom is 0.305 e. The summed E-state index contributed by atoms with van der Waals surface area (Å²) in [5.41, 5.74) is 17.4. The standard InChI is InChI=1S/C37H55N11O9S2/c1-2-21(33(54)48-28(20-59)32(38)53)8-7-14-41-35(56)26(16-22-18-43-24-10-4-3-9-23(22)24)47-36(57)27(17-31(51)52)46-30(50)19-44-34(55)25(45-29(49)12-15-58)11-5-6-13-42-37(39)40/h2-4,9-10,18,21,25-28,43,58-59H,1,5-8,11-17,19-20H2,(H2,38,53)(H,41,56)(H,44,55)(H,45,49)(H,46,50)(H,47,57)(H,48,54)(H,51,52)(H4,39,40,42). The van der Waals surface area contributed by atoms with Crippen LogP contribution in [0.4, 0.5) is 0 Å². The monoisotopic (exact) mass is 861 g/mol. The van der Waals surface area contributed by atoms with Gasteiger partial charge >= 0.3 is 5.97 Å². The minimum Gasteiger partial charge on any atom is -0.481 e. The van der Waals surface area contributed by atoms with Crippen LogP contribution in [0, 0.1) is 5.92 Å². The summed E-state index contributed by atoms with van der Waals surface area (Å²) in [7, 11) is 0. The maximum absolute atomic E-state index is 13.6. The van der Waals surface area contributed by atoms with Crippen LogP contribution in [0.25, 0.3) is 10.9 Å². The third kappa shape index (κ3) is 18.1. The molecule has 5 atom stereocenters. The van der Waals surface area contributed by atoms with Crippen molar-refractivity contribution >= 4 is 89.4 Å². The Bertz CT molecular complexity index is 1820. The summed E-state index contributed by atoms with van der Waals surface area (Å²) in [6, 6.07) is 2.34. The zero-order valence-corrected chi connectivity index (χ0v) is 34.3. The lowest BCUT2D eigenvalue weighted by molar-refractivity contribution is -0.141. The molecular weight excluding hydrogens is 807 g/mol. The number of unbranched alkanes of at least 4 members (excludes halogenated alkanes) is 1. The topological polar surface area (TPSA) is 335 Å². The summed E-state index contributed by atoms with van der Waals surface area (Å²) in [5, 5.41) is 25.5. The Morgan fingerprint density at radius 3 is 2.12 bits per heavy atom. The third-order valence-electron chi connectivity index (χ3n) is 8.83. The molecule has 20 nitrogen and oxygen atoms in total. The van der Waals surface area contributed by atoms with E-state index in [-0.39, 0.29) is 56.1 Å². The number of carbonyl (C=O) groups excluding carboxylic acids is 7. The molecule has 2 aromatic rings. The van der Waals surface area contributed by atoms with Gasteiger partial charge < -0.3 is 59.2 Å². The normalized spacial score (nSPS) is 13.3. The number of guanidine groups is 1. The van der Waals surface area contributed by atoms with Gasteiger partial charge in [0.15, 0.2) is 5.96 Å². The lowest BCUT2D eigenvalue weighted by Crippen LogP contribution is -2.56. The molecule has 2 rings (SSSR count). The van der Waals surface area contributed by atoms with E-state index in [0.29, 0.717) is 24.9 Å². The first-order valence-electron chi connectivity index (χ1n) is 18.8. The number of nitrogens with one attached hydrogen (secondary N) is 7. The number of benzene rings is 1. The smallest absolute Gasteiger partial charge is 0.305 e. The van der Waals surface area contributed by atoms with Crippen LogP contribution in [-0.4, -0.2) is 119 Å². The van der Waals surface area contributed by atoms with Crippen molar-refractivity contribution in [2.75, 3.05) is 31.1 Å². The lowest BCUT2D eigenvalue weighted by Gasteiger charge is -2.23. The van der Waals surface area contributed by atoms with E-state index in [2.05, 4.69) is 73.7 Å². The highest BCUT2D eigenvalue weighted by molar-refractivity contribution is 7.80. The highest BCUT2D eigenvalue weighted by Crippen LogP contribution is 2.19. The summed E-state index contributed by atoms with van der Waals surface area (Å²) in [4.78, 5) is 109. The third-order valence-corrected chi connectivity index (χ3v) is 9.42. The minimum absolute atomic E-state index is 0.00104. The number of aliphatic imine (C=N–C) groups is 1. The van der Waals surface area contributed by atoms with Crippen molar-refractivity contribution in [1.82, 2.24) is 36.9 Å². The molecule has 22 heteroatoms. The van der Waals surface area contributed by atoms with Crippen LogP contribution in [-0.2, 0) is 44.8 Å². The van der Waals surface area contributed by atoms with Gasteiger partial charge in [-0.1, -0.05) is 24.3 Å². The average Bonchev–Trinajstić information content (AvgIpc) is 3.59. The molecule has 0 aliphatic heterocycles. The van der Waals surface area contributed by atoms with E-state index in [0.717, 1.165) is 10.9 Å². The second-order valence-corrected chi connectivity index (χ2v) is 14.2. The van der Waals surface area contributed by atoms with Crippen molar-refractivity contribution in [3.63, 3.8) is 0 Å². The number of carboxylic acids is 1. The number of thiol groups is 2. The molecule has 324 valence electrons. The number of nitrogens with zero attached hydrogens (tertiary/aromatic N) is 1. The van der Waals surface area contributed by atoms with E-state index in [4.69, 9.17) is 17.2 Å². The second-order valence-electron chi connectivity index (χ2n) is 13.4. The van der Waals surface area contributed by atoms with Gasteiger partial charge in [0.25, 0.3) is 0 Å². The van der Waals surface area contributed by atoms with Gasteiger partial charge in [-0.15, -0.1) is 6.58 Å².